The van der Waals surface area contributed by atoms with Crippen LogP contribution in [0.25, 0.3) is 10.8 Å². The smallest absolute Gasteiger partial charge is 0.131 e. The third-order valence-electron chi connectivity index (χ3n) is 2.66. The van der Waals surface area contributed by atoms with Crippen molar-refractivity contribution in [2.45, 2.75) is 0 Å². The minimum atomic E-state index is 0.806. The molecule has 3 aromatic rings. The molecular weight excluding hydrogens is 290 g/mol. The number of nitrogens with one attached hydrogen (secondary N) is 1. The molecule has 0 spiro atoms. The number of benzene rings is 1. The Morgan fingerprint density at radius 1 is 1.00 bits per heavy atom. The van der Waals surface area contributed by atoms with Gasteiger partial charge in [0, 0.05) is 23.5 Å². The molecule has 88 valence electrons. The van der Waals surface area contributed by atoms with Crippen LogP contribution in [-0.2, 0) is 0 Å². The van der Waals surface area contributed by atoms with Crippen LogP contribution < -0.4 is 5.32 Å². The maximum absolute atomic E-state index is 4.36. The summed E-state index contributed by atoms with van der Waals surface area (Å²) in [6.45, 7) is 0. The highest BCUT2D eigenvalue weighted by atomic mass is 79.9. The van der Waals surface area contributed by atoms with Crippen LogP contribution in [0, 0.1) is 0 Å². The molecule has 18 heavy (non-hydrogen) atoms. The van der Waals surface area contributed by atoms with Crippen molar-refractivity contribution >= 4 is 38.2 Å². The van der Waals surface area contributed by atoms with Crippen LogP contribution in [0.5, 0.6) is 0 Å². The minimum Gasteiger partial charge on any atom is -0.340 e. The zero-order valence-electron chi connectivity index (χ0n) is 9.47. The van der Waals surface area contributed by atoms with Gasteiger partial charge in [-0.15, -0.1) is 0 Å². The normalized spacial score (nSPS) is 10.5. The van der Waals surface area contributed by atoms with Gasteiger partial charge in [0.15, 0.2) is 0 Å². The molecule has 0 saturated heterocycles. The molecule has 2 aromatic heterocycles. The minimum absolute atomic E-state index is 0.806. The lowest BCUT2D eigenvalue weighted by Gasteiger charge is -2.08. The number of pyridine rings is 2. The Morgan fingerprint density at radius 3 is 2.78 bits per heavy atom. The first kappa shape index (κ1) is 11.2. The zero-order chi connectivity index (χ0) is 12.4. The molecule has 3 rings (SSSR count). The average molecular weight is 300 g/mol. The molecule has 3 nitrogen and oxygen atoms in total. The Labute approximate surface area is 113 Å². The lowest BCUT2D eigenvalue weighted by Crippen LogP contribution is -1.94. The Hall–Kier alpha value is -1.94. The summed E-state index contributed by atoms with van der Waals surface area (Å²) < 4.78 is 0.811. The van der Waals surface area contributed by atoms with E-state index in [2.05, 4.69) is 37.3 Å². The number of anilines is 2. The summed E-state index contributed by atoms with van der Waals surface area (Å²) in [6.07, 6.45) is 3.65. The van der Waals surface area contributed by atoms with E-state index < -0.39 is 0 Å². The van der Waals surface area contributed by atoms with Gasteiger partial charge in [-0.05, 0) is 45.6 Å². The van der Waals surface area contributed by atoms with E-state index in [9.17, 15) is 0 Å². The summed E-state index contributed by atoms with van der Waals surface area (Å²) >= 11 is 3.36. The summed E-state index contributed by atoms with van der Waals surface area (Å²) in [5.74, 6) is 0.806. The van der Waals surface area contributed by atoms with Gasteiger partial charge in [-0.3, -0.25) is 4.98 Å². The lowest BCUT2D eigenvalue weighted by atomic mass is 10.1. The summed E-state index contributed by atoms with van der Waals surface area (Å²) in [4.78, 5) is 8.52. The van der Waals surface area contributed by atoms with Crippen molar-refractivity contribution in [1.29, 1.82) is 0 Å². The van der Waals surface area contributed by atoms with Crippen LogP contribution in [0.15, 0.2) is 59.5 Å². The van der Waals surface area contributed by atoms with Crippen molar-refractivity contribution in [1.82, 2.24) is 9.97 Å². The van der Waals surface area contributed by atoms with Crippen molar-refractivity contribution < 1.29 is 0 Å². The molecule has 2 heterocycles. The van der Waals surface area contributed by atoms with Gasteiger partial charge in [-0.25, -0.2) is 4.98 Å². The zero-order valence-corrected chi connectivity index (χ0v) is 11.1. The van der Waals surface area contributed by atoms with Gasteiger partial charge in [0.2, 0.25) is 0 Å². The van der Waals surface area contributed by atoms with Crippen LogP contribution in [-0.4, -0.2) is 9.97 Å². The summed E-state index contributed by atoms with van der Waals surface area (Å²) in [6, 6.07) is 13.9. The number of nitrogens with zero attached hydrogens (tertiary/aromatic N) is 2. The van der Waals surface area contributed by atoms with Gasteiger partial charge in [0.1, 0.15) is 10.4 Å². The first-order chi connectivity index (χ1) is 8.83. The van der Waals surface area contributed by atoms with E-state index in [4.69, 9.17) is 0 Å². The number of aromatic nitrogens is 2. The predicted molar refractivity (Wildman–Crippen MR) is 77.0 cm³/mol. The number of fused-ring (bicyclic) bond motifs is 1. The van der Waals surface area contributed by atoms with Crippen molar-refractivity contribution in [3.63, 3.8) is 0 Å². The van der Waals surface area contributed by atoms with Crippen LogP contribution in [0.1, 0.15) is 0 Å². The molecule has 1 N–H and O–H groups in total. The highest BCUT2D eigenvalue weighted by Crippen LogP contribution is 2.25. The van der Waals surface area contributed by atoms with Gasteiger partial charge in [0.05, 0.1) is 0 Å². The Morgan fingerprint density at radius 2 is 1.89 bits per heavy atom. The highest BCUT2D eigenvalue weighted by molar-refractivity contribution is 9.10. The van der Waals surface area contributed by atoms with E-state index in [1.54, 1.807) is 6.20 Å². The molecule has 0 bridgehead atoms. The first-order valence-electron chi connectivity index (χ1n) is 5.55. The van der Waals surface area contributed by atoms with Gasteiger partial charge in [-0.1, -0.05) is 18.2 Å². The number of hydrogen-bond acceptors (Lipinski definition) is 3. The highest BCUT2D eigenvalue weighted by Gasteiger charge is 2.02. The molecule has 0 aliphatic heterocycles. The number of hydrogen-bond donors (Lipinski definition) is 1. The van der Waals surface area contributed by atoms with Gasteiger partial charge < -0.3 is 5.32 Å². The second-order valence-corrected chi connectivity index (χ2v) is 4.69. The third-order valence-corrected chi connectivity index (χ3v) is 3.10. The van der Waals surface area contributed by atoms with E-state index in [1.165, 1.54) is 0 Å². The monoisotopic (exact) mass is 299 g/mol. The van der Waals surface area contributed by atoms with Crippen molar-refractivity contribution in [2.24, 2.45) is 0 Å². The summed E-state index contributed by atoms with van der Waals surface area (Å²) in [5, 5.41) is 5.55. The Balaban J connectivity index is 2.05. The van der Waals surface area contributed by atoms with E-state index in [1.807, 2.05) is 42.6 Å². The third kappa shape index (κ3) is 2.19. The molecule has 1 aromatic carbocycles. The Bertz CT molecular complexity index is 692. The molecular formula is C14H10BrN3. The van der Waals surface area contributed by atoms with E-state index in [-0.39, 0.29) is 0 Å². The topological polar surface area (TPSA) is 37.8 Å². The van der Waals surface area contributed by atoms with Gasteiger partial charge in [0.25, 0.3) is 0 Å². The first-order valence-corrected chi connectivity index (χ1v) is 6.34. The molecule has 0 radical (unpaired) electrons. The van der Waals surface area contributed by atoms with Gasteiger partial charge >= 0.3 is 0 Å². The second kappa shape index (κ2) is 4.74. The quantitative estimate of drug-likeness (QED) is 0.723. The van der Waals surface area contributed by atoms with E-state index in [0.29, 0.717) is 0 Å². The predicted octanol–water partition coefficient (Wildman–Crippen LogP) is 4.14. The second-order valence-electron chi connectivity index (χ2n) is 3.87. The standard InChI is InChI=1S/C14H10BrN3/c15-13-5-2-6-14(18-13)17-12-4-1-3-10-7-8-16-9-11(10)12/h1-9H,(H,17,18). The fraction of sp³-hybridized carbons (Fsp3) is 0. The molecule has 0 aliphatic rings. The number of rotatable bonds is 2. The number of halogens is 1. The SMILES string of the molecule is Brc1cccc(Nc2cccc3ccncc23)n1. The van der Waals surface area contributed by atoms with Crippen LogP contribution in [0.4, 0.5) is 11.5 Å². The molecule has 0 atom stereocenters. The fourth-order valence-corrected chi connectivity index (χ4v) is 2.18. The molecule has 0 amide bonds. The molecule has 0 unspecified atom stereocenters. The van der Waals surface area contributed by atoms with Crippen molar-refractivity contribution in [2.75, 3.05) is 5.32 Å². The molecule has 0 fully saturated rings. The van der Waals surface area contributed by atoms with Crippen molar-refractivity contribution in [3.8, 4) is 0 Å². The largest absolute Gasteiger partial charge is 0.340 e. The lowest BCUT2D eigenvalue weighted by molar-refractivity contribution is 1.27. The molecule has 0 aliphatic carbocycles. The molecule has 0 saturated carbocycles. The van der Waals surface area contributed by atoms with E-state index in [0.717, 1.165) is 26.9 Å². The average Bonchev–Trinajstić information content (AvgIpc) is 2.39. The maximum Gasteiger partial charge on any atom is 0.131 e. The van der Waals surface area contributed by atoms with Crippen molar-refractivity contribution in [3.05, 3.63) is 59.5 Å². The summed E-state index contributed by atoms with van der Waals surface area (Å²) in [7, 11) is 0. The van der Waals surface area contributed by atoms with Gasteiger partial charge in [-0.2, -0.15) is 0 Å². The summed E-state index contributed by atoms with van der Waals surface area (Å²) in [5.41, 5.74) is 1.01. The van der Waals surface area contributed by atoms with Crippen LogP contribution in [0.3, 0.4) is 0 Å². The van der Waals surface area contributed by atoms with E-state index >= 15 is 0 Å². The van der Waals surface area contributed by atoms with Crippen LogP contribution >= 0.6 is 15.9 Å². The fourth-order valence-electron chi connectivity index (χ4n) is 1.84. The molecule has 4 heteroatoms. The Kier molecular flexibility index (Phi) is 2.94. The van der Waals surface area contributed by atoms with Crippen LogP contribution in [0.2, 0.25) is 0 Å². The maximum atomic E-state index is 4.36.